The molecule has 0 saturated carbocycles. The lowest BCUT2D eigenvalue weighted by atomic mass is 9.95. The van der Waals surface area contributed by atoms with Crippen molar-refractivity contribution in [1.82, 2.24) is 15.2 Å². The molecule has 0 radical (unpaired) electrons. The van der Waals surface area contributed by atoms with Crippen molar-refractivity contribution in [2.24, 2.45) is 0 Å². The van der Waals surface area contributed by atoms with Crippen LogP contribution in [0.5, 0.6) is 11.6 Å². The molecule has 5 aromatic rings. The second-order valence-corrected chi connectivity index (χ2v) is 10.5. The van der Waals surface area contributed by atoms with E-state index in [1.165, 1.54) is 0 Å². The van der Waals surface area contributed by atoms with Crippen LogP contribution in [0.3, 0.4) is 0 Å². The summed E-state index contributed by atoms with van der Waals surface area (Å²) in [7, 11) is 3.93. The summed E-state index contributed by atoms with van der Waals surface area (Å²) < 4.78 is 11.3. The Hall–Kier alpha value is -4.82. The van der Waals surface area contributed by atoms with Crippen LogP contribution in [0.15, 0.2) is 78.9 Å². The van der Waals surface area contributed by atoms with Gasteiger partial charge in [0.25, 0.3) is 5.91 Å². The molecule has 0 aliphatic heterocycles. The molecule has 4 aromatic carbocycles. The van der Waals surface area contributed by atoms with Crippen molar-refractivity contribution in [2.45, 2.75) is 19.8 Å². The summed E-state index contributed by atoms with van der Waals surface area (Å²) in [6.07, 6.45) is -0.160. The van der Waals surface area contributed by atoms with Gasteiger partial charge in [0, 0.05) is 40.6 Å². The molecule has 8 heteroatoms. The zero-order chi connectivity index (χ0) is 29.6. The van der Waals surface area contributed by atoms with Crippen molar-refractivity contribution in [1.29, 1.82) is 0 Å². The minimum atomic E-state index is -1.38. The molecular formula is C34H35N3O5. The number of likely N-dealkylation sites (N-methyl/N-ethyl adjacent to an activating group) is 1. The van der Waals surface area contributed by atoms with Crippen LogP contribution in [-0.4, -0.2) is 60.8 Å². The molecule has 1 aromatic heterocycles. The van der Waals surface area contributed by atoms with Gasteiger partial charge in [0.1, 0.15) is 5.75 Å². The highest BCUT2D eigenvalue weighted by Gasteiger charge is 2.19. The Labute approximate surface area is 244 Å². The third kappa shape index (κ3) is 6.39. The number of carbonyl (C=O) groups is 2. The highest BCUT2D eigenvalue weighted by molar-refractivity contribution is 6.00. The molecule has 0 unspecified atom stereocenters. The number of amides is 1. The number of carboxylic acid groups (broad SMARTS) is 1. The fourth-order valence-corrected chi connectivity index (χ4v) is 5.25. The number of para-hydroxylation sites is 1. The van der Waals surface area contributed by atoms with Gasteiger partial charge in [0.05, 0.1) is 12.1 Å². The lowest BCUT2D eigenvalue weighted by Gasteiger charge is -2.12. The number of ether oxygens (including phenoxy) is 2. The molecule has 1 amide bonds. The molecule has 0 bridgehead atoms. The van der Waals surface area contributed by atoms with E-state index in [0.29, 0.717) is 31.6 Å². The SMILES string of the molecule is Cc1cc(C(=O)NCCN(C)C)ccc1-c1cccc2c(CCCOc3cccc4ccccc34)c(OC(=O)O)[nH]c12. The van der Waals surface area contributed by atoms with E-state index in [2.05, 4.69) is 22.4 Å². The Balaban J connectivity index is 1.38. The second-order valence-electron chi connectivity index (χ2n) is 10.5. The highest BCUT2D eigenvalue weighted by atomic mass is 16.7. The Morgan fingerprint density at radius 3 is 2.48 bits per heavy atom. The maximum atomic E-state index is 12.7. The molecule has 0 aliphatic carbocycles. The van der Waals surface area contributed by atoms with Gasteiger partial charge in [-0.05, 0) is 68.6 Å². The number of hydrogen-bond donors (Lipinski definition) is 3. The third-order valence-electron chi connectivity index (χ3n) is 7.29. The van der Waals surface area contributed by atoms with E-state index in [1.54, 1.807) is 0 Å². The minimum absolute atomic E-state index is 0.116. The summed E-state index contributed by atoms with van der Waals surface area (Å²) in [4.78, 5) is 29.4. The Bertz CT molecular complexity index is 1740. The van der Waals surface area contributed by atoms with Crippen molar-refractivity contribution in [3.05, 3.63) is 95.6 Å². The van der Waals surface area contributed by atoms with Gasteiger partial charge in [-0.25, -0.2) is 4.79 Å². The van der Waals surface area contributed by atoms with E-state index in [4.69, 9.17) is 9.47 Å². The number of aryl methyl sites for hydroxylation is 2. The summed E-state index contributed by atoms with van der Waals surface area (Å²) >= 11 is 0. The topological polar surface area (TPSA) is 104 Å². The lowest BCUT2D eigenvalue weighted by Crippen LogP contribution is -2.31. The molecule has 0 spiro atoms. The number of aromatic amines is 1. The number of aromatic nitrogens is 1. The number of nitrogens with one attached hydrogen (secondary N) is 2. The fourth-order valence-electron chi connectivity index (χ4n) is 5.25. The Morgan fingerprint density at radius 1 is 0.929 bits per heavy atom. The maximum Gasteiger partial charge on any atom is 0.512 e. The monoisotopic (exact) mass is 565 g/mol. The van der Waals surface area contributed by atoms with Gasteiger partial charge in [-0.1, -0.05) is 60.7 Å². The van der Waals surface area contributed by atoms with Crippen LogP contribution in [0.25, 0.3) is 32.8 Å². The van der Waals surface area contributed by atoms with Crippen LogP contribution in [-0.2, 0) is 6.42 Å². The van der Waals surface area contributed by atoms with Gasteiger partial charge in [-0.15, -0.1) is 0 Å². The van der Waals surface area contributed by atoms with E-state index in [-0.39, 0.29) is 11.8 Å². The zero-order valence-corrected chi connectivity index (χ0v) is 24.1. The largest absolute Gasteiger partial charge is 0.512 e. The minimum Gasteiger partial charge on any atom is -0.493 e. The van der Waals surface area contributed by atoms with E-state index >= 15 is 0 Å². The van der Waals surface area contributed by atoms with Gasteiger partial charge in [-0.3, -0.25) is 4.79 Å². The van der Waals surface area contributed by atoms with Crippen LogP contribution in [0.2, 0.25) is 0 Å². The molecule has 3 N–H and O–H groups in total. The first-order chi connectivity index (χ1) is 20.3. The molecule has 8 nitrogen and oxygen atoms in total. The first kappa shape index (κ1) is 28.7. The van der Waals surface area contributed by atoms with Crippen LogP contribution >= 0.6 is 0 Å². The number of hydrogen-bond acceptors (Lipinski definition) is 5. The molecule has 5 rings (SSSR count). The number of rotatable bonds is 11. The van der Waals surface area contributed by atoms with Gasteiger partial charge in [-0.2, -0.15) is 0 Å². The van der Waals surface area contributed by atoms with Crippen molar-refractivity contribution < 1.29 is 24.2 Å². The number of H-pyrrole nitrogens is 1. The number of benzene rings is 4. The van der Waals surface area contributed by atoms with Crippen LogP contribution in [0, 0.1) is 6.92 Å². The first-order valence-electron chi connectivity index (χ1n) is 14.0. The summed E-state index contributed by atoms with van der Waals surface area (Å²) in [6, 6.07) is 25.6. The molecular weight excluding hydrogens is 530 g/mol. The smallest absolute Gasteiger partial charge is 0.493 e. The van der Waals surface area contributed by atoms with E-state index in [0.717, 1.165) is 56.2 Å². The van der Waals surface area contributed by atoms with Crippen molar-refractivity contribution in [3.8, 4) is 22.8 Å². The van der Waals surface area contributed by atoms with Crippen LogP contribution in [0.4, 0.5) is 4.79 Å². The van der Waals surface area contributed by atoms with E-state index in [9.17, 15) is 14.7 Å². The standard InChI is InChI=1S/C34H35N3O5/c1-22-21-24(32(38)35-18-19-37(2)3)16-17-25(22)27-12-7-13-28-29(33(36-31(27)28)42-34(39)40)14-8-20-41-30-15-6-10-23-9-4-5-11-26(23)30/h4-7,9-13,15-17,21,36H,8,14,18-20H2,1-3H3,(H,35,38)(H,39,40). The fraction of sp³-hybridized carbons (Fsp3) is 0.235. The zero-order valence-electron chi connectivity index (χ0n) is 24.1. The molecule has 0 saturated heterocycles. The maximum absolute atomic E-state index is 12.7. The predicted octanol–water partition coefficient (Wildman–Crippen LogP) is 6.66. The molecule has 216 valence electrons. The third-order valence-corrected chi connectivity index (χ3v) is 7.29. The van der Waals surface area contributed by atoms with Crippen LogP contribution < -0.4 is 14.8 Å². The van der Waals surface area contributed by atoms with Crippen LogP contribution in [0.1, 0.15) is 27.9 Å². The van der Waals surface area contributed by atoms with Crippen molar-refractivity contribution in [2.75, 3.05) is 33.8 Å². The van der Waals surface area contributed by atoms with Crippen molar-refractivity contribution in [3.63, 3.8) is 0 Å². The number of nitrogens with zero attached hydrogens (tertiary/aromatic N) is 1. The summed E-state index contributed by atoms with van der Waals surface area (Å²) in [5, 5.41) is 15.4. The second kappa shape index (κ2) is 12.8. The average Bonchev–Trinajstić information content (AvgIpc) is 3.31. The quantitative estimate of drug-likeness (QED) is 0.122. The first-order valence-corrected chi connectivity index (χ1v) is 14.0. The molecule has 0 fully saturated rings. The summed E-state index contributed by atoms with van der Waals surface area (Å²) in [6.45, 7) is 3.75. The highest BCUT2D eigenvalue weighted by Crippen LogP contribution is 2.37. The lowest BCUT2D eigenvalue weighted by molar-refractivity contribution is 0.0950. The van der Waals surface area contributed by atoms with Crippen molar-refractivity contribution >= 4 is 33.7 Å². The average molecular weight is 566 g/mol. The van der Waals surface area contributed by atoms with Gasteiger partial charge in [0.2, 0.25) is 5.88 Å². The van der Waals surface area contributed by atoms with E-state index < -0.39 is 6.16 Å². The Morgan fingerprint density at radius 2 is 1.69 bits per heavy atom. The summed E-state index contributed by atoms with van der Waals surface area (Å²) in [5.74, 6) is 0.918. The van der Waals surface area contributed by atoms with Gasteiger partial charge < -0.3 is 29.8 Å². The van der Waals surface area contributed by atoms with E-state index in [1.807, 2.05) is 92.6 Å². The normalized spacial score (nSPS) is 11.2. The molecule has 42 heavy (non-hydrogen) atoms. The van der Waals surface area contributed by atoms with Gasteiger partial charge >= 0.3 is 6.16 Å². The predicted molar refractivity (Wildman–Crippen MR) is 166 cm³/mol. The molecule has 0 aliphatic rings. The number of carbonyl (C=O) groups excluding carboxylic acids is 1. The summed E-state index contributed by atoms with van der Waals surface area (Å²) in [5.41, 5.74) is 4.94. The molecule has 1 heterocycles. The molecule has 0 atom stereocenters. The van der Waals surface area contributed by atoms with Gasteiger partial charge in [0.15, 0.2) is 0 Å². The number of fused-ring (bicyclic) bond motifs is 2. The Kier molecular flexibility index (Phi) is 8.74.